The topological polar surface area (TPSA) is 63.6 Å². The van der Waals surface area contributed by atoms with E-state index in [1.165, 1.54) is 13.0 Å². The van der Waals surface area contributed by atoms with Crippen LogP contribution in [0.1, 0.15) is 35.7 Å². The molecule has 0 bridgehead atoms. The lowest BCUT2D eigenvalue weighted by Crippen LogP contribution is -2.28. The number of Topliss-reactive ketones (excluding diaryl/α,β-unsaturated/α-hetero) is 1. The molecule has 90 valence electrons. The number of carbonyl (C=O) groups excluding carboxylic acids is 2. The molecular weight excluding hydrogens is 220 g/mol. The van der Waals surface area contributed by atoms with Crippen molar-refractivity contribution in [3.63, 3.8) is 0 Å². The Kier molecular flexibility index (Phi) is 3.13. The van der Waals surface area contributed by atoms with Crippen LogP contribution < -0.4 is 0 Å². The molecule has 1 aromatic carbocycles. The first-order chi connectivity index (χ1) is 8.08. The van der Waals surface area contributed by atoms with Gasteiger partial charge in [0.1, 0.15) is 23.2 Å². The lowest BCUT2D eigenvalue weighted by molar-refractivity contribution is -0.117. The molecule has 0 unspecified atom stereocenters. The van der Waals surface area contributed by atoms with Gasteiger partial charge in [0.05, 0.1) is 0 Å². The number of phenols is 1. The minimum atomic E-state index is -0.502. The number of phenolic OH excluding ortho intramolecular Hbond substituents is 1. The zero-order valence-corrected chi connectivity index (χ0v) is 9.60. The Morgan fingerprint density at radius 1 is 1.53 bits per heavy atom. The van der Waals surface area contributed by atoms with Gasteiger partial charge in [-0.1, -0.05) is 12.1 Å². The van der Waals surface area contributed by atoms with Crippen LogP contribution >= 0.6 is 0 Å². The molecule has 0 amide bonds. The number of benzene rings is 1. The first kappa shape index (κ1) is 11.6. The third-order valence-electron chi connectivity index (χ3n) is 2.87. The average Bonchev–Trinajstić information content (AvgIpc) is 2.26. The molecule has 0 fully saturated rings. The van der Waals surface area contributed by atoms with Crippen molar-refractivity contribution in [1.29, 1.82) is 0 Å². The number of cyclic esters (lactones) is 1. The SMILES string of the molecule is CC(=O)CC[C@@H]1Cc2cccc(O)c2C(=O)O1. The fourth-order valence-corrected chi connectivity index (χ4v) is 2.01. The Morgan fingerprint density at radius 3 is 3.00 bits per heavy atom. The number of rotatable bonds is 3. The van der Waals surface area contributed by atoms with Crippen molar-refractivity contribution in [2.45, 2.75) is 32.3 Å². The van der Waals surface area contributed by atoms with Crippen LogP contribution in [-0.4, -0.2) is 23.0 Å². The summed E-state index contributed by atoms with van der Waals surface area (Å²) in [7, 11) is 0. The van der Waals surface area contributed by atoms with Gasteiger partial charge in [-0.15, -0.1) is 0 Å². The van der Waals surface area contributed by atoms with Gasteiger partial charge in [-0.05, 0) is 25.0 Å². The summed E-state index contributed by atoms with van der Waals surface area (Å²) in [4.78, 5) is 22.6. The maximum Gasteiger partial charge on any atom is 0.342 e. The lowest BCUT2D eigenvalue weighted by atomic mass is 9.95. The van der Waals surface area contributed by atoms with Gasteiger partial charge in [-0.25, -0.2) is 4.79 Å². The summed E-state index contributed by atoms with van der Waals surface area (Å²) in [5, 5.41) is 9.58. The van der Waals surface area contributed by atoms with Crippen LogP contribution in [0.25, 0.3) is 0 Å². The van der Waals surface area contributed by atoms with Crippen molar-refractivity contribution >= 4 is 11.8 Å². The second-order valence-electron chi connectivity index (χ2n) is 4.28. The van der Waals surface area contributed by atoms with E-state index in [-0.39, 0.29) is 23.2 Å². The van der Waals surface area contributed by atoms with Crippen molar-refractivity contribution < 1.29 is 19.4 Å². The second-order valence-corrected chi connectivity index (χ2v) is 4.28. The van der Waals surface area contributed by atoms with Crippen molar-refractivity contribution in [1.82, 2.24) is 0 Å². The van der Waals surface area contributed by atoms with Crippen LogP contribution in [0.3, 0.4) is 0 Å². The van der Waals surface area contributed by atoms with Gasteiger partial charge in [-0.2, -0.15) is 0 Å². The molecule has 0 aliphatic carbocycles. The summed E-state index contributed by atoms with van der Waals surface area (Å²) in [6.07, 6.45) is 1.24. The van der Waals surface area contributed by atoms with Crippen molar-refractivity contribution in [2.75, 3.05) is 0 Å². The van der Waals surface area contributed by atoms with Crippen LogP contribution in [0.2, 0.25) is 0 Å². The molecule has 1 heterocycles. The van der Waals surface area contributed by atoms with E-state index >= 15 is 0 Å². The fraction of sp³-hybridized carbons (Fsp3) is 0.385. The molecule has 4 nitrogen and oxygen atoms in total. The van der Waals surface area contributed by atoms with E-state index in [1.807, 2.05) is 0 Å². The molecule has 1 aliphatic heterocycles. The first-order valence-corrected chi connectivity index (χ1v) is 5.59. The average molecular weight is 234 g/mol. The number of fused-ring (bicyclic) bond motifs is 1. The molecule has 0 aromatic heterocycles. The highest BCUT2D eigenvalue weighted by Gasteiger charge is 2.28. The molecule has 4 heteroatoms. The summed E-state index contributed by atoms with van der Waals surface area (Å²) < 4.78 is 5.19. The predicted octanol–water partition coefficient (Wildman–Crippen LogP) is 1.84. The maximum absolute atomic E-state index is 11.7. The molecule has 0 saturated heterocycles. The smallest absolute Gasteiger partial charge is 0.342 e. The summed E-state index contributed by atoms with van der Waals surface area (Å²) in [5.74, 6) is -0.460. The van der Waals surface area contributed by atoms with Crippen molar-refractivity contribution in [3.8, 4) is 5.75 Å². The normalized spacial score (nSPS) is 18.4. The fourth-order valence-electron chi connectivity index (χ4n) is 2.01. The van der Waals surface area contributed by atoms with Gasteiger partial charge >= 0.3 is 5.97 Å². The number of hydrogen-bond acceptors (Lipinski definition) is 4. The molecule has 0 saturated carbocycles. The number of ether oxygens (including phenoxy) is 1. The Balaban J connectivity index is 2.16. The first-order valence-electron chi connectivity index (χ1n) is 5.59. The van der Waals surface area contributed by atoms with Gasteiger partial charge < -0.3 is 14.6 Å². The summed E-state index contributed by atoms with van der Waals surface area (Å²) >= 11 is 0. The largest absolute Gasteiger partial charge is 0.507 e. The van der Waals surface area contributed by atoms with Crippen LogP contribution in [0.5, 0.6) is 5.75 Å². The van der Waals surface area contributed by atoms with E-state index in [1.54, 1.807) is 12.1 Å². The van der Waals surface area contributed by atoms with Crippen LogP contribution in [0.15, 0.2) is 18.2 Å². The Morgan fingerprint density at radius 2 is 2.29 bits per heavy atom. The van der Waals surface area contributed by atoms with Gasteiger partial charge in [0.2, 0.25) is 0 Å². The highest BCUT2D eigenvalue weighted by atomic mass is 16.5. The van der Waals surface area contributed by atoms with Crippen LogP contribution in [0.4, 0.5) is 0 Å². The predicted molar refractivity (Wildman–Crippen MR) is 60.9 cm³/mol. The quantitative estimate of drug-likeness (QED) is 0.810. The number of carbonyl (C=O) groups is 2. The molecule has 1 atom stereocenters. The van der Waals surface area contributed by atoms with Gasteiger partial charge in [0.15, 0.2) is 0 Å². The Labute approximate surface area is 99.2 Å². The lowest BCUT2D eigenvalue weighted by Gasteiger charge is -2.24. The summed E-state index contributed by atoms with van der Waals surface area (Å²) in [6.45, 7) is 1.52. The highest BCUT2D eigenvalue weighted by molar-refractivity contribution is 5.95. The van der Waals surface area contributed by atoms with E-state index in [2.05, 4.69) is 0 Å². The second kappa shape index (κ2) is 4.57. The molecule has 1 aliphatic rings. The third-order valence-corrected chi connectivity index (χ3v) is 2.87. The van der Waals surface area contributed by atoms with E-state index in [0.29, 0.717) is 19.3 Å². The van der Waals surface area contributed by atoms with Gasteiger partial charge in [-0.3, -0.25) is 0 Å². The maximum atomic E-state index is 11.7. The van der Waals surface area contributed by atoms with E-state index < -0.39 is 5.97 Å². The minimum Gasteiger partial charge on any atom is -0.507 e. The van der Waals surface area contributed by atoms with Gasteiger partial charge in [0.25, 0.3) is 0 Å². The summed E-state index contributed by atoms with van der Waals surface area (Å²) in [5.41, 5.74) is 1.04. The van der Waals surface area contributed by atoms with Crippen LogP contribution in [-0.2, 0) is 16.0 Å². The minimum absolute atomic E-state index is 0.0440. The highest BCUT2D eigenvalue weighted by Crippen LogP contribution is 2.29. The molecule has 0 spiro atoms. The monoisotopic (exact) mass is 234 g/mol. The Bertz CT molecular complexity index is 464. The summed E-state index contributed by atoms with van der Waals surface area (Å²) in [6, 6.07) is 4.97. The third kappa shape index (κ3) is 2.46. The van der Waals surface area contributed by atoms with Crippen LogP contribution in [0, 0.1) is 0 Å². The molecular formula is C13H14O4. The van der Waals surface area contributed by atoms with Crippen molar-refractivity contribution in [3.05, 3.63) is 29.3 Å². The van der Waals surface area contributed by atoms with Gasteiger partial charge in [0, 0.05) is 12.8 Å². The number of aromatic hydroxyl groups is 1. The van der Waals surface area contributed by atoms with E-state index in [4.69, 9.17) is 4.74 Å². The molecule has 17 heavy (non-hydrogen) atoms. The Hall–Kier alpha value is -1.84. The molecule has 0 radical (unpaired) electrons. The number of hydrogen-bond donors (Lipinski definition) is 1. The number of esters is 1. The zero-order chi connectivity index (χ0) is 12.4. The standard InChI is InChI=1S/C13H14O4/c1-8(14)5-6-10-7-9-3-2-4-11(15)12(9)13(16)17-10/h2-4,10,15H,5-7H2,1H3/t10-/m1/s1. The van der Waals surface area contributed by atoms with E-state index in [0.717, 1.165) is 5.56 Å². The van der Waals surface area contributed by atoms with E-state index in [9.17, 15) is 14.7 Å². The molecule has 1 N–H and O–H groups in total. The number of ketones is 1. The van der Waals surface area contributed by atoms with Crippen molar-refractivity contribution in [2.24, 2.45) is 0 Å². The zero-order valence-electron chi connectivity index (χ0n) is 9.60. The molecule has 1 aromatic rings. The molecule has 2 rings (SSSR count).